The maximum absolute atomic E-state index is 9.24. The Morgan fingerprint density at radius 3 is 1.72 bits per heavy atom. The zero-order valence-corrected chi connectivity index (χ0v) is 25.6. The molecule has 0 saturated heterocycles. The SMILES string of the molecule is [2H]c1cc([2H])c2c(c1[2H])c1c([2H])c([2H])cc([2H])c1n2-c1cc(-c2nc(-c3c([2H])c([2H])c([2H])c([2H])c3[2H])nc(-c3c([2H])c([2H])c([2H])c([2H])c3[2H])n2)ccc1-c1cccc2c1oc1ccccc12. The summed E-state index contributed by atoms with van der Waals surface area (Å²) in [5, 5.41) is 1.55. The van der Waals surface area contributed by atoms with Crippen LogP contribution >= 0.6 is 0 Å². The Bertz CT molecular complexity index is 3590. The highest BCUT2D eigenvalue weighted by molar-refractivity contribution is 6.12. The molecule has 0 aliphatic rings. The first-order chi connectivity index (χ1) is 31.4. The van der Waals surface area contributed by atoms with Gasteiger partial charge in [-0.2, -0.15) is 0 Å². The van der Waals surface area contributed by atoms with Crippen molar-refractivity contribution in [3.8, 4) is 51.0 Å². The van der Waals surface area contributed by atoms with Gasteiger partial charge in [0.2, 0.25) is 0 Å². The quantitative estimate of drug-likeness (QED) is 0.185. The molecule has 0 aliphatic heterocycles. The normalized spacial score (nSPS) is 16.1. The molecule has 10 aromatic rings. The molecule has 0 unspecified atom stereocenters. The number of aromatic nitrogens is 4. The second kappa shape index (κ2) is 11.4. The molecule has 0 saturated carbocycles. The van der Waals surface area contributed by atoms with Gasteiger partial charge in [-0.3, -0.25) is 0 Å². The highest BCUT2D eigenvalue weighted by Gasteiger charge is 2.21. The van der Waals surface area contributed by atoms with Gasteiger partial charge in [-0.15, -0.1) is 0 Å². The van der Waals surface area contributed by atoms with E-state index in [0.717, 1.165) is 10.8 Å². The predicted octanol–water partition coefficient (Wildman–Crippen LogP) is 11.5. The van der Waals surface area contributed by atoms with Crippen molar-refractivity contribution in [3.05, 3.63) is 169 Å². The van der Waals surface area contributed by atoms with Crippen LogP contribution in [-0.2, 0) is 0 Å². The lowest BCUT2D eigenvalue weighted by atomic mass is 9.98. The summed E-state index contributed by atoms with van der Waals surface area (Å²) >= 11 is 0. The molecule has 0 aliphatic carbocycles. The Kier molecular flexibility index (Phi) is 3.76. The minimum Gasteiger partial charge on any atom is -0.455 e. The third-order valence-electron chi connectivity index (χ3n) is 8.40. The van der Waals surface area contributed by atoms with E-state index in [0.29, 0.717) is 22.3 Å². The highest BCUT2D eigenvalue weighted by atomic mass is 16.3. The number of hydrogen-bond donors (Lipinski definition) is 0. The first-order valence-corrected chi connectivity index (χ1v) is 15.4. The van der Waals surface area contributed by atoms with Crippen LogP contribution in [0.2, 0.25) is 0 Å². The summed E-state index contributed by atoms with van der Waals surface area (Å²) < 4.78 is 147. The molecule has 234 valence electrons. The van der Waals surface area contributed by atoms with Crippen molar-refractivity contribution in [2.45, 2.75) is 0 Å². The summed E-state index contributed by atoms with van der Waals surface area (Å²) in [6, 6.07) is 11.3. The van der Waals surface area contributed by atoms with Crippen LogP contribution in [0, 0.1) is 0 Å². The molecular weight excluding hydrogens is 613 g/mol. The van der Waals surface area contributed by atoms with Gasteiger partial charge in [0.05, 0.1) is 38.7 Å². The van der Waals surface area contributed by atoms with Gasteiger partial charge in [-0.1, -0.05) is 145 Å². The summed E-state index contributed by atoms with van der Waals surface area (Å²) in [5.41, 5.74) is 1.46. The molecule has 50 heavy (non-hydrogen) atoms. The molecule has 7 aromatic carbocycles. The van der Waals surface area contributed by atoms with Crippen molar-refractivity contribution in [1.82, 2.24) is 19.5 Å². The van der Waals surface area contributed by atoms with Crippen molar-refractivity contribution in [2.24, 2.45) is 0 Å². The van der Waals surface area contributed by atoms with E-state index in [1.165, 1.54) is 16.7 Å². The van der Waals surface area contributed by atoms with Gasteiger partial charge in [0.15, 0.2) is 17.5 Å². The average molecular weight is 657 g/mol. The Morgan fingerprint density at radius 1 is 0.460 bits per heavy atom. The Hall–Kier alpha value is -6.85. The van der Waals surface area contributed by atoms with Crippen LogP contribution in [0.4, 0.5) is 0 Å². The van der Waals surface area contributed by atoms with Crippen LogP contribution in [0.1, 0.15) is 21.9 Å². The van der Waals surface area contributed by atoms with E-state index in [4.69, 9.17) is 23.6 Å². The zero-order chi connectivity index (χ0) is 46.9. The number of para-hydroxylation sites is 4. The molecule has 0 bridgehead atoms. The number of fused-ring (bicyclic) bond motifs is 6. The van der Waals surface area contributed by atoms with Gasteiger partial charge in [0.25, 0.3) is 0 Å². The van der Waals surface area contributed by atoms with Crippen LogP contribution in [-0.4, -0.2) is 19.5 Å². The van der Waals surface area contributed by atoms with Crippen molar-refractivity contribution < 1.29 is 26.3 Å². The molecule has 3 heterocycles. The fourth-order valence-electron chi connectivity index (χ4n) is 6.25. The molecule has 0 N–H and O–H groups in total. The van der Waals surface area contributed by atoms with E-state index in [1.807, 2.05) is 36.4 Å². The highest BCUT2D eigenvalue weighted by Crippen LogP contribution is 2.42. The predicted molar refractivity (Wildman–Crippen MR) is 203 cm³/mol. The summed E-state index contributed by atoms with van der Waals surface area (Å²) in [6.45, 7) is 0. The lowest BCUT2D eigenvalue weighted by Crippen LogP contribution is -2.02. The van der Waals surface area contributed by atoms with E-state index in [-0.39, 0.29) is 75.1 Å². The van der Waals surface area contributed by atoms with E-state index in [1.54, 1.807) is 24.3 Å². The minimum absolute atomic E-state index is 0.0134. The van der Waals surface area contributed by atoms with Crippen molar-refractivity contribution in [3.63, 3.8) is 0 Å². The van der Waals surface area contributed by atoms with Gasteiger partial charge >= 0.3 is 0 Å². The molecule has 5 nitrogen and oxygen atoms in total. The molecule has 0 spiro atoms. The lowest BCUT2D eigenvalue weighted by molar-refractivity contribution is 0.670. The standard InChI is InChI=1S/C45H28N4O/c1-3-14-29(15-4-1)43-46-44(30-16-5-2-6-17-30)48-45(47-43)31-26-27-34(36-21-13-22-37-35-20-9-12-25-41(35)50-42(36)37)40(28-31)49-38-23-10-7-18-32(38)33-19-8-11-24-39(33)49/h1-28H/i1D,2D,3D,4D,5D,6D,7D,8D,14D,15D,16D,17D,18D,19D,23D,24D. The first kappa shape index (κ1) is 16.5. The minimum atomic E-state index is -0.707. The number of hydrogen-bond acceptors (Lipinski definition) is 4. The van der Waals surface area contributed by atoms with Crippen molar-refractivity contribution in [2.75, 3.05) is 0 Å². The van der Waals surface area contributed by atoms with Gasteiger partial charge < -0.3 is 8.98 Å². The van der Waals surface area contributed by atoms with E-state index in [9.17, 15) is 2.74 Å². The van der Waals surface area contributed by atoms with Crippen LogP contribution in [0.5, 0.6) is 0 Å². The summed E-state index contributed by atoms with van der Waals surface area (Å²) in [5.74, 6) is -1.23. The van der Waals surface area contributed by atoms with Gasteiger partial charge in [-0.25, -0.2) is 15.0 Å². The first-order valence-electron chi connectivity index (χ1n) is 23.4. The monoisotopic (exact) mass is 656 g/mol. The maximum Gasteiger partial charge on any atom is 0.164 e. The topological polar surface area (TPSA) is 56.7 Å². The lowest BCUT2D eigenvalue weighted by Gasteiger charge is -2.16. The Labute approximate surface area is 310 Å². The molecule has 0 fully saturated rings. The van der Waals surface area contributed by atoms with E-state index < -0.39 is 83.2 Å². The van der Waals surface area contributed by atoms with E-state index >= 15 is 0 Å². The molecule has 10 rings (SSSR count). The molecule has 0 atom stereocenters. The molecule has 0 amide bonds. The summed E-state index contributed by atoms with van der Waals surface area (Å²) in [4.78, 5) is 13.6. The number of furan rings is 1. The smallest absolute Gasteiger partial charge is 0.164 e. The van der Waals surface area contributed by atoms with Crippen LogP contribution in [0.15, 0.2) is 174 Å². The largest absolute Gasteiger partial charge is 0.455 e. The molecule has 5 heteroatoms. The summed E-state index contributed by atoms with van der Waals surface area (Å²) in [6.07, 6.45) is 0. The number of rotatable bonds is 5. The number of benzene rings is 7. The average Bonchev–Trinajstić information content (AvgIpc) is 3.88. The second-order valence-corrected chi connectivity index (χ2v) is 11.2. The fourth-order valence-corrected chi connectivity index (χ4v) is 6.25. The van der Waals surface area contributed by atoms with Gasteiger partial charge in [0.1, 0.15) is 11.2 Å². The summed E-state index contributed by atoms with van der Waals surface area (Å²) in [7, 11) is 0. The van der Waals surface area contributed by atoms with Crippen molar-refractivity contribution >= 4 is 43.7 Å². The molecule has 0 radical (unpaired) electrons. The third kappa shape index (κ3) is 4.52. The van der Waals surface area contributed by atoms with Crippen LogP contribution < -0.4 is 0 Å². The Morgan fingerprint density at radius 2 is 1.06 bits per heavy atom. The third-order valence-corrected chi connectivity index (χ3v) is 8.40. The van der Waals surface area contributed by atoms with Crippen LogP contribution in [0.3, 0.4) is 0 Å². The van der Waals surface area contributed by atoms with Crippen LogP contribution in [0.25, 0.3) is 94.7 Å². The molecule has 3 aromatic heterocycles. The zero-order valence-electron chi connectivity index (χ0n) is 41.6. The fraction of sp³-hybridized carbons (Fsp3) is 0. The van der Waals surface area contributed by atoms with Gasteiger partial charge in [-0.05, 0) is 24.2 Å². The van der Waals surface area contributed by atoms with E-state index in [2.05, 4.69) is 15.0 Å². The van der Waals surface area contributed by atoms with Gasteiger partial charge in [0, 0.05) is 49.4 Å². The maximum atomic E-state index is 9.24. The number of nitrogens with zero attached hydrogens (tertiary/aromatic N) is 4. The van der Waals surface area contributed by atoms with Crippen molar-refractivity contribution in [1.29, 1.82) is 0 Å². The second-order valence-electron chi connectivity index (χ2n) is 11.2. The molecular formula is C45H28N4O. The Balaban J connectivity index is 1.37.